The molecule has 0 aliphatic carbocycles. The van der Waals surface area contributed by atoms with Crippen LogP contribution in [0.25, 0.3) is 0 Å². The van der Waals surface area contributed by atoms with Crippen molar-refractivity contribution in [2.75, 3.05) is 18.1 Å². The topological polar surface area (TPSA) is 58.7 Å². The first kappa shape index (κ1) is 10.3. The number of phenolic OH excluding ortho intramolecular Hbond substituents is 1. The van der Waals surface area contributed by atoms with E-state index in [0.29, 0.717) is 12.4 Å². The van der Waals surface area contributed by atoms with Crippen molar-refractivity contribution in [3.05, 3.63) is 23.8 Å². The Morgan fingerprint density at radius 2 is 2.40 bits per heavy atom. The largest absolute Gasteiger partial charge is 0.508 e. The van der Waals surface area contributed by atoms with Gasteiger partial charge in [0.1, 0.15) is 5.75 Å². The van der Waals surface area contributed by atoms with Crippen molar-refractivity contribution in [3.63, 3.8) is 0 Å². The summed E-state index contributed by atoms with van der Waals surface area (Å²) in [5, 5.41) is 9.73. The Labute approximate surface area is 89.2 Å². The molecule has 0 aromatic heterocycles. The number of benzene rings is 1. The van der Waals surface area contributed by atoms with Gasteiger partial charge in [-0.2, -0.15) is 0 Å². The van der Waals surface area contributed by atoms with Crippen LogP contribution in [0.5, 0.6) is 5.75 Å². The molecule has 0 saturated carbocycles. The Bertz CT molecular complexity index is 354. The molecule has 1 atom stereocenters. The summed E-state index contributed by atoms with van der Waals surface area (Å²) in [6.45, 7) is 3.47. The molecule has 0 saturated heterocycles. The van der Waals surface area contributed by atoms with Crippen molar-refractivity contribution >= 4 is 5.69 Å². The molecule has 1 aliphatic rings. The van der Waals surface area contributed by atoms with Crippen LogP contribution in [0.3, 0.4) is 0 Å². The third-order valence-electron chi connectivity index (χ3n) is 2.95. The molecule has 4 heteroatoms. The summed E-state index contributed by atoms with van der Waals surface area (Å²) >= 11 is 0. The first-order valence-electron chi connectivity index (χ1n) is 5.17. The van der Waals surface area contributed by atoms with Gasteiger partial charge in [0.2, 0.25) is 0 Å². The third kappa shape index (κ3) is 1.66. The van der Waals surface area contributed by atoms with Gasteiger partial charge in [0.25, 0.3) is 0 Å². The van der Waals surface area contributed by atoms with Gasteiger partial charge in [-0.3, -0.25) is 0 Å². The highest BCUT2D eigenvalue weighted by atomic mass is 16.6. The molecule has 0 bridgehead atoms. The second-order valence-electron chi connectivity index (χ2n) is 3.75. The maximum atomic E-state index is 9.73. The van der Waals surface area contributed by atoms with Crippen molar-refractivity contribution in [2.24, 2.45) is 5.90 Å². The van der Waals surface area contributed by atoms with E-state index >= 15 is 0 Å². The van der Waals surface area contributed by atoms with E-state index in [9.17, 15) is 5.11 Å². The highest BCUT2D eigenvalue weighted by Gasteiger charge is 2.29. The van der Waals surface area contributed by atoms with Gasteiger partial charge >= 0.3 is 0 Å². The van der Waals surface area contributed by atoms with Gasteiger partial charge < -0.3 is 14.8 Å². The Balaban J connectivity index is 2.32. The molecule has 0 fully saturated rings. The highest BCUT2D eigenvalue weighted by molar-refractivity contribution is 5.64. The van der Waals surface area contributed by atoms with Gasteiger partial charge in [0.05, 0.1) is 12.6 Å². The molecule has 1 heterocycles. The van der Waals surface area contributed by atoms with E-state index in [1.165, 1.54) is 0 Å². The zero-order valence-electron chi connectivity index (χ0n) is 8.81. The number of fused-ring (bicyclic) bond motifs is 1. The van der Waals surface area contributed by atoms with E-state index in [4.69, 9.17) is 10.7 Å². The molecule has 0 spiro atoms. The average molecular weight is 208 g/mol. The fraction of sp³-hybridized carbons (Fsp3) is 0.455. The van der Waals surface area contributed by atoms with Crippen LogP contribution in [0.4, 0.5) is 5.69 Å². The van der Waals surface area contributed by atoms with E-state index in [-0.39, 0.29) is 6.04 Å². The molecule has 82 valence electrons. The number of phenols is 1. The van der Waals surface area contributed by atoms with Crippen LogP contribution in [0.1, 0.15) is 12.5 Å². The number of hydrogen-bond donors (Lipinski definition) is 2. The normalized spacial score (nSPS) is 19.3. The SMILES string of the molecule is CCN1c2cccc(O)c2CC1CON. The van der Waals surface area contributed by atoms with Crippen molar-refractivity contribution in [3.8, 4) is 5.75 Å². The zero-order valence-corrected chi connectivity index (χ0v) is 8.81. The summed E-state index contributed by atoms with van der Waals surface area (Å²) in [6.07, 6.45) is 0.799. The fourth-order valence-electron chi connectivity index (χ4n) is 2.27. The number of anilines is 1. The van der Waals surface area contributed by atoms with Crippen LogP contribution in [0.2, 0.25) is 0 Å². The van der Waals surface area contributed by atoms with E-state index < -0.39 is 0 Å². The zero-order chi connectivity index (χ0) is 10.8. The number of likely N-dealkylation sites (N-methyl/N-ethyl adjacent to an activating group) is 1. The highest BCUT2D eigenvalue weighted by Crippen LogP contribution is 2.37. The van der Waals surface area contributed by atoms with Crippen LogP contribution < -0.4 is 10.8 Å². The van der Waals surface area contributed by atoms with Gasteiger partial charge in [-0.1, -0.05) is 6.07 Å². The van der Waals surface area contributed by atoms with Gasteiger partial charge in [0, 0.05) is 24.2 Å². The molecule has 0 amide bonds. The average Bonchev–Trinajstić information content (AvgIpc) is 2.58. The molecule has 2 rings (SSSR count). The fourth-order valence-corrected chi connectivity index (χ4v) is 2.27. The standard InChI is InChI=1S/C11H16N2O2/c1-2-13-8(7-15-12)6-9-10(13)4-3-5-11(9)14/h3-5,8,14H,2,6-7,12H2,1H3. The molecule has 15 heavy (non-hydrogen) atoms. The van der Waals surface area contributed by atoms with E-state index in [0.717, 1.165) is 24.2 Å². The Morgan fingerprint density at radius 1 is 1.60 bits per heavy atom. The lowest BCUT2D eigenvalue weighted by Crippen LogP contribution is -2.36. The van der Waals surface area contributed by atoms with Gasteiger partial charge in [-0.05, 0) is 19.1 Å². The summed E-state index contributed by atoms with van der Waals surface area (Å²) in [4.78, 5) is 6.92. The number of hydrogen-bond acceptors (Lipinski definition) is 4. The Hall–Kier alpha value is -1.26. The molecular formula is C11H16N2O2. The maximum absolute atomic E-state index is 9.73. The van der Waals surface area contributed by atoms with Gasteiger partial charge in [0.15, 0.2) is 0 Å². The molecule has 0 radical (unpaired) electrons. The van der Waals surface area contributed by atoms with Gasteiger partial charge in [-0.15, -0.1) is 0 Å². The summed E-state index contributed by atoms with van der Waals surface area (Å²) < 4.78 is 0. The lowest BCUT2D eigenvalue weighted by molar-refractivity contribution is 0.123. The number of nitrogens with two attached hydrogens (primary N) is 1. The van der Waals surface area contributed by atoms with E-state index in [1.54, 1.807) is 6.07 Å². The van der Waals surface area contributed by atoms with Crippen LogP contribution in [-0.4, -0.2) is 24.3 Å². The quantitative estimate of drug-likeness (QED) is 0.728. The number of aromatic hydroxyl groups is 1. The number of nitrogens with zero attached hydrogens (tertiary/aromatic N) is 1. The first-order chi connectivity index (χ1) is 7.27. The summed E-state index contributed by atoms with van der Waals surface area (Å²) in [5.74, 6) is 5.48. The third-order valence-corrected chi connectivity index (χ3v) is 2.95. The smallest absolute Gasteiger partial charge is 0.120 e. The second-order valence-corrected chi connectivity index (χ2v) is 3.75. The van der Waals surface area contributed by atoms with Crippen molar-refractivity contribution < 1.29 is 9.94 Å². The molecule has 1 aromatic carbocycles. The Kier molecular flexibility index (Phi) is 2.79. The number of rotatable bonds is 3. The predicted octanol–water partition coefficient (Wildman–Crippen LogP) is 1.03. The summed E-state index contributed by atoms with van der Waals surface area (Å²) in [6, 6.07) is 5.85. The molecule has 1 aromatic rings. The molecule has 3 N–H and O–H groups in total. The molecule has 1 unspecified atom stereocenters. The lowest BCUT2D eigenvalue weighted by Gasteiger charge is -2.24. The first-order valence-corrected chi connectivity index (χ1v) is 5.17. The maximum Gasteiger partial charge on any atom is 0.120 e. The lowest BCUT2D eigenvalue weighted by atomic mass is 10.1. The van der Waals surface area contributed by atoms with Crippen LogP contribution in [0.15, 0.2) is 18.2 Å². The second kappa shape index (κ2) is 4.08. The van der Waals surface area contributed by atoms with E-state index in [1.807, 2.05) is 12.1 Å². The van der Waals surface area contributed by atoms with Crippen molar-refractivity contribution in [2.45, 2.75) is 19.4 Å². The van der Waals surface area contributed by atoms with Crippen molar-refractivity contribution in [1.82, 2.24) is 0 Å². The molecule has 1 aliphatic heterocycles. The van der Waals surface area contributed by atoms with Crippen molar-refractivity contribution in [1.29, 1.82) is 0 Å². The van der Waals surface area contributed by atoms with Gasteiger partial charge in [-0.25, -0.2) is 5.90 Å². The summed E-state index contributed by atoms with van der Waals surface area (Å²) in [7, 11) is 0. The molecular weight excluding hydrogens is 192 g/mol. The monoisotopic (exact) mass is 208 g/mol. The van der Waals surface area contributed by atoms with E-state index in [2.05, 4.69) is 11.8 Å². The Morgan fingerprint density at radius 3 is 3.07 bits per heavy atom. The summed E-state index contributed by atoms with van der Waals surface area (Å²) in [5.41, 5.74) is 2.10. The van der Waals surface area contributed by atoms with Crippen LogP contribution in [-0.2, 0) is 11.3 Å². The minimum atomic E-state index is 0.239. The molecule has 4 nitrogen and oxygen atoms in total. The van der Waals surface area contributed by atoms with Crippen LogP contribution in [0, 0.1) is 0 Å². The minimum Gasteiger partial charge on any atom is -0.508 e. The predicted molar refractivity (Wildman–Crippen MR) is 58.8 cm³/mol. The minimum absolute atomic E-state index is 0.239. The van der Waals surface area contributed by atoms with Crippen LogP contribution >= 0.6 is 0 Å².